The van der Waals surface area contributed by atoms with Crippen LogP contribution in [-0.2, 0) is 0 Å². The average Bonchev–Trinajstić information content (AvgIpc) is 2.71. The third-order valence-electron chi connectivity index (χ3n) is 1.59. The van der Waals surface area contributed by atoms with Crippen LogP contribution in [0.5, 0.6) is 0 Å². The highest BCUT2D eigenvalue weighted by Gasteiger charge is 2.08. The fraction of sp³-hybridized carbons (Fsp3) is 0. The zero-order valence-electron chi connectivity index (χ0n) is 7.43. The summed E-state index contributed by atoms with van der Waals surface area (Å²) in [6, 6.07) is 4.02. The number of anilines is 1. The van der Waals surface area contributed by atoms with E-state index in [1.807, 2.05) is 0 Å². The molecule has 2 heterocycles. The second kappa shape index (κ2) is 3.74. The summed E-state index contributed by atoms with van der Waals surface area (Å²) in [5, 5.41) is 11.6. The number of aromatic amines is 1. The highest BCUT2D eigenvalue weighted by atomic mass is 16.5. The lowest BCUT2D eigenvalue weighted by atomic mass is 10.3. The molecule has 0 bridgehead atoms. The monoisotopic (exact) mass is 206 g/mol. The van der Waals surface area contributed by atoms with Crippen molar-refractivity contribution >= 4 is 11.7 Å². The molecule has 0 aromatic carbocycles. The molecule has 7 heteroatoms. The lowest BCUT2D eigenvalue weighted by Crippen LogP contribution is -2.17. The van der Waals surface area contributed by atoms with Gasteiger partial charge in [-0.25, -0.2) is 5.10 Å². The van der Waals surface area contributed by atoms with E-state index in [9.17, 15) is 9.59 Å². The van der Waals surface area contributed by atoms with Gasteiger partial charge in [0.1, 0.15) is 12.0 Å². The Morgan fingerprint density at radius 3 is 2.87 bits per heavy atom. The van der Waals surface area contributed by atoms with E-state index in [2.05, 4.69) is 25.2 Å². The van der Waals surface area contributed by atoms with Gasteiger partial charge in [0.25, 0.3) is 11.5 Å². The van der Waals surface area contributed by atoms with Crippen molar-refractivity contribution in [1.29, 1.82) is 0 Å². The summed E-state index contributed by atoms with van der Waals surface area (Å²) in [6.45, 7) is 0. The predicted octanol–water partition coefficient (Wildman–Crippen LogP) is 0.0102. The quantitative estimate of drug-likeness (QED) is 0.720. The minimum Gasteiger partial charge on any atom is -0.363 e. The van der Waals surface area contributed by atoms with E-state index >= 15 is 0 Å². The normalized spacial score (nSPS) is 9.87. The summed E-state index contributed by atoms with van der Waals surface area (Å²) >= 11 is 0. The molecule has 0 saturated heterocycles. The Hall–Kier alpha value is -2.44. The molecule has 0 aliphatic heterocycles. The van der Waals surface area contributed by atoms with E-state index in [-0.39, 0.29) is 17.1 Å². The molecule has 0 atom stereocenters. The number of aromatic nitrogens is 3. The van der Waals surface area contributed by atoms with Gasteiger partial charge in [-0.1, -0.05) is 5.16 Å². The van der Waals surface area contributed by atoms with Gasteiger partial charge in [0.15, 0.2) is 5.82 Å². The second-order valence-corrected chi connectivity index (χ2v) is 2.65. The molecule has 2 rings (SSSR count). The van der Waals surface area contributed by atoms with E-state index in [4.69, 9.17) is 0 Å². The van der Waals surface area contributed by atoms with Gasteiger partial charge in [0.05, 0.1) is 0 Å². The number of rotatable bonds is 2. The maximum absolute atomic E-state index is 11.4. The first-order valence-electron chi connectivity index (χ1n) is 4.03. The van der Waals surface area contributed by atoms with E-state index in [1.165, 1.54) is 24.5 Å². The van der Waals surface area contributed by atoms with Gasteiger partial charge in [-0.15, -0.1) is 0 Å². The van der Waals surface area contributed by atoms with Crippen molar-refractivity contribution in [2.45, 2.75) is 0 Å². The predicted molar refractivity (Wildman–Crippen MR) is 49.3 cm³/mol. The SMILES string of the molecule is O=C(Nc1ccon1)c1ccc(=O)[nH]n1. The zero-order chi connectivity index (χ0) is 10.7. The number of carbonyl (C=O) groups excluding carboxylic acids is 1. The van der Waals surface area contributed by atoms with E-state index in [0.717, 1.165) is 0 Å². The zero-order valence-corrected chi connectivity index (χ0v) is 7.43. The maximum Gasteiger partial charge on any atom is 0.277 e. The molecule has 0 fully saturated rings. The third kappa shape index (κ3) is 2.08. The van der Waals surface area contributed by atoms with Gasteiger partial charge in [0, 0.05) is 12.1 Å². The first-order chi connectivity index (χ1) is 7.25. The third-order valence-corrected chi connectivity index (χ3v) is 1.59. The van der Waals surface area contributed by atoms with Crippen LogP contribution in [0.15, 0.2) is 33.8 Å². The molecule has 0 saturated carbocycles. The van der Waals surface area contributed by atoms with Crippen LogP contribution in [0.4, 0.5) is 5.82 Å². The van der Waals surface area contributed by atoms with Crippen molar-refractivity contribution in [2.24, 2.45) is 0 Å². The highest BCUT2D eigenvalue weighted by molar-refractivity contribution is 6.02. The minimum absolute atomic E-state index is 0.0950. The molecule has 0 spiro atoms. The van der Waals surface area contributed by atoms with Crippen molar-refractivity contribution in [1.82, 2.24) is 15.4 Å². The summed E-state index contributed by atoms with van der Waals surface area (Å²) in [4.78, 5) is 22.1. The lowest BCUT2D eigenvalue weighted by molar-refractivity contribution is 0.102. The Morgan fingerprint density at radius 1 is 1.40 bits per heavy atom. The molecule has 0 aliphatic rings. The van der Waals surface area contributed by atoms with E-state index in [1.54, 1.807) is 0 Å². The number of nitrogens with one attached hydrogen (secondary N) is 2. The smallest absolute Gasteiger partial charge is 0.277 e. The molecular weight excluding hydrogens is 200 g/mol. The number of hydrogen-bond acceptors (Lipinski definition) is 5. The van der Waals surface area contributed by atoms with Crippen molar-refractivity contribution in [3.05, 3.63) is 40.5 Å². The van der Waals surface area contributed by atoms with Gasteiger partial charge >= 0.3 is 0 Å². The molecular formula is C8H6N4O3. The number of nitrogens with zero attached hydrogens (tertiary/aromatic N) is 2. The van der Waals surface area contributed by atoms with Gasteiger partial charge in [-0.2, -0.15) is 5.10 Å². The number of H-pyrrole nitrogens is 1. The summed E-state index contributed by atoms with van der Waals surface area (Å²) in [5.74, 6) is -0.187. The number of amides is 1. The van der Waals surface area contributed by atoms with Crippen LogP contribution >= 0.6 is 0 Å². The topological polar surface area (TPSA) is 101 Å². The Labute approximate surface area is 83.1 Å². The Morgan fingerprint density at radius 2 is 2.27 bits per heavy atom. The first kappa shape index (κ1) is 9.13. The van der Waals surface area contributed by atoms with Crippen molar-refractivity contribution in [3.63, 3.8) is 0 Å². The van der Waals surface area contributed by atoms with Crippen molar-refractivity contribution in [3.8, 4) is 0 Å². The molecule has 1 amide bonds. The van der Waals surface area contributed by atoms with Gasteiger partial charge in [0.2, 0.25) is 0 Å². The fourth-order valence-electron chi connectivity index (χ4n) is 0.928. The van der Waals surface area contributed by atoms with Crippen LogP contribution in [-0.4, -0.2) is 21.3 Å². The molecule has 7 nitrogen and oxygen atoms in total. The van der Waals surface area contributed by atoms with E-state index in [0.29, 0.717) is 0 Å². The largest absolute Gasteiger partial charge is 0.363 e. The number of hydrogen-bond donors (Lipinski definition) is 2. The van der Waals surface area contributed by atoms with Crippen LogP contribution in [0, 0.1) is 0 Å². The van der Waals surface area contributed by atoms with Crippen LogP contribution in [0.3, 0.4) is 0 Å². The Balaban J connectivity index is 2.15. The molecule has 2 aromatic rings. The molecule has 0 unspecified atom stereocenters. The average molecular weight is 206 g/mol. The molecule has 0 radical (unpaired) electrons. The fourth-order valence-corrected chi connectivity index (χ4v) is 0.928. The van der Waals surface area contributed by atoms with Crippen molar-refractivity contribution in [2.75, 3.05) is 5.32 Å². The maximum atomic E-state index is 11.4. The summed E-state index contributed by atoms with van der Waals surface area (Å²) in [7, 11) is 0. The van der Waals surface area contributed by atoms with E-state index < -0.39 is 5.91 Å². The second-order valence-electron chi connectivity index (χ2n) is 2.65. The summed E-state index contributed by atoms with van der Waals surface area (Å²) in [6.07, 6.45) is 1.33. The minimum atomic E-state index is -0.472. The molecule has 76 valence electrons. The lowest BCUT2D eigenvalue weighted by Gasteiger charge is -1.98. The summed E-state index contributed by atoms with van der Waals surface area (Å²) < 4.78 is 4.53. The Bertz CT molecular complexity index is 496. The van der Waals surface area contributed by atoms with Crippen LogP contribution in [0.2, 0.25) is 0 Å². The molecule has 0 aliphatic carbocycles. The van der Waals surface area contributed by atoms with Crippen molar-refractivity contribution < 1.29 is 9.32 Å². The van der Waals surface area contributed by atoms with Gasteiger partial charge in [-0.3, -0.25) is 9.59 Å². The van der Waals surface area contributed by atoms with Gasteiger partial charge in [-0.05, 0) is 6.07 Å². The standard InChI is InChI=1S/C8H6N4O3/c13-7-2-1-5(10-11-7)8(14)9-6-3-4-15-12-6/h1-4H,(H,11,13)(H,9,12,14). The highest BCUT2D eigenvalue weighted by Crippen LogP contribution is 2.02. The Kier molecular flexibility index (Phi) is 2.28. The molecule has 15 heavy (non-hydrogen) atoms. The van der Waals surface area contributed by atoms with Crippen LogP contribution in [0.1, 0.15) is 10.5 Å². The van der Waals surface area contributed by atoms with Crippen LogP contribution < -0.4 is 10.9 Å². The van der Waals surface area contributed by atoms with Gasteiger partial charge < -0.3 is 9.84 Å². The first-order valence-corrected chi connectivity index (χ1v) is 4.03. The summed E-state index contributed by atoms with van der Waals surface area (Å²) in [5.41, 5.74) is -0.273. The molecule has 2 aromatic heterocycles. The van der Waals surface area contributed by atoms with Crippen LogP contribution in [0.25, 0.3) is 0 Å². The number of carbonyl (C=O) groups is 1. The molecule has 2 N–H and O–H groups in total.